The predicted octanol–water partition coefficient (Wildman–Crippen LogP) is 2.81. The molecule has 0 radical (unpaired) electrons. The van der Waals surface area contributed by atoms with Gasteiger partial charge in [-0.1, -0.05) is 32.8 Å². The number of nitrogens with zero attached hydrogens (tertiary/aromatic N) is 3. The number of rotatable bonds is 8. The number of aromatic nitrogens is 1. The SMILES string of the molecule is CCC(CC)C(CNC(=NC)NCc1cccc(C)n1)N1CCOCC1.I. The van der Waals surface area contributed by atoms with E-state index in [1.54, 1.807) is 0 Å². The second-order valence-electron chi connectivity index (χ2n) is 6.87. The second-order valence-corrected chi connectivity index (χ2v) is 6.87. The lowest BCUT2D eigenvalue weighted by atomic mass is 9.92. The summed E-state index contributed by atoms with van der Waals surface area (Å²) in [6.45, 7) is 11.9. The van der Waals surface area contributed by atoms with Crippen LogP contribution in [0.15, 0.2) is 23.2 Å². The number of guanidine groups is 1. The van der Waals surface area contributed by atoms with Crippen LogP contribution in [0.3, 0.4) is 0 Å². The number of morpholine rings is 1. The maximum atomic E-state index is 5.54. The summed E-state index contributed by atoms with van der Waals surface area (Å²) in [5, 5.41) is 6.91. The maximum Gasteiger partial charge on any atom is 0.191 e. The first-order valence-electron chi connectivity index (χ1n) is 9.86. The van der Waals surface area contributed by atoms with E-state index in [-0.39, 0.29) is 24.0 Å². The molecule has 1 saturated heterocycles. The number of hydrogen-bond donors (Lipinski definition) is 2. The summed E-state index contributed by atoms with van der Waals surface area (Å²) >= 11 is 0. The van der Waals surface area contributed by atoms with Gasteiger partial charge in [0.15, 0.2) is 5.96 Å². The molecular weight excluding hydrogens is 453 g/mol. The van der Waals surface area contributed by atoms with Gasteiger partial charge in [-0.2, -0.15) is 0 Å². The fourth-order valence-electron chi connectivity index (χ4n) is 3.63. The molecule has 0 aromatic carbocycles. The highest BCUT2D eigenvalue weighted by Crippen LogP contribution is 2.19. The van der Waals surface area contributed by atoms with E-state index < -0.39 is 0 Å². The molecule has 1 aromatic rings. The Balaban J connectivity index is 0.00000364. The van der Waals surface area contributed by atoms with Crippen molar-refractivity contribution >= 4 is 29.9 Å². The fraction of sp³-hybridized carbons (Fsp3) is 0.700. The van der Waals surface area contributed by atoms with E-state index in [9.17, 15) is 0 Å². The van der Waals surface area contributed by atoms with E-state index in [1.807, 2.05) is 32.2 Å². The Bertz CT molecular complexity index is 559. The Morgan fingerprint density at radius 3 is 2.52 bits per heavy atom. The van der Waals surface area contributed by atoms with Crippen LogP contribution in [0, 0.1) is 12.8 Å². The number of ether oxygens (including phenoxy) is 1. The van der Waals surface area contributed by atoms with E-state index in [2.05, 4.69) is 39.4 Å². The summed E-state index contributed by atoms with van der Waals surface area (Å²) in [6, 6.07) is 6.59. The molecular formula is C20H36IN5O. The third-order valence-corrected chi connectivity index (χ3v) is 5.19. The molecule has 154 valence electrons. The molecule has 27 heavy (non-hydrogen) atoms. The third-order valence-electron chi connectivity index (χ3n) is 5.19. The first-order valence-corrected chi connectivity index (χ1v) is 9.86. The zero-order chi connectivity index (χ0) is 18.8. The minimum Gasteiger partial charge on any atom is -0.379 e. The molecule has 0 bridgehead atoms. The summed E-state index contributed by atoms with van der Waals surface area (Å²) < 4.78 is 5.54. The fourth-order valence-corrected chi connectivity index (χ4v) is 3.63. The largest absolute Gasteiger partial charge is 0.379 e. The molecule has 2 rings (SSSR count). The van der Waals surface area contributed by atoms with Crippen LogP contribution in [-0.2, 0) is 11.3 Å². The van der Waals surface area contributed by atoms with Crippen molar-refractivity contribution in [2.24, 2.45) is 10.9 Å². The van der Waals surface area contributed by atoms with Crippen molar-refractivity contribution < 1.29 is 4.74 Å². The highest BCUT2D eigenvalue weighted by molar-refractivity contribution is 14.0. The van der Waals surface area contributed by atoms with E-state index >= 15 is 0 Å². The quantitative estimate of drug-likeness (QED) is 0.334. The van der Waals surface area contributed by atoms with E-state index in [1.165, 1.54) is 12.8 Å². The standard InChI is InChI=1S/C20H35N5O.HI/c1-5-17(6-2)19(25-10-12-26-13-11-25)15-23-20(21-4)22-14-18-9-7-8-16(3)24-18;/h7-9,17,19H,5-6,10-15H2,1-4H3,(H2,21,22,23);1H. The molecule has 7 heteroatoms. The topological polar surface area (TPSA) is 61.8 Å². The Morgan fingerprint density at radius 1 is 1.22 bits per heavy atom. The van der Waals surface area contributed by atoms with Gasteiger partial charge in [0.2, 0.25) is 0 Å². The van der Waals surface area contributed by atoms with E-state index in [0.29, 0.717) is 18.5 Å². The van der Waals surface area contributed by atoms with Crippen molar-refractivity contribution in [2.75, 3.05) is 39.9 Å². The van der Waals surface area contributed by atoms with Gasteiger partial charge < -0.3 is 15.4 Å². The zero-order valence-corrected chi connectivity index (χ0v) is 19.5. The van der Waals surface area contributed by atoms with E-state index in [0.717, 1.165) is 50.2 Å². The van der Waals surface area contributed by atoms with Gasteiger partial charge in [-0.3, -0.25) is 14.9 Å². The van der Waals surface area contributed by atoms with Crippen molar-refractivity contribution in [2.45, 2.75) is 46.2 Å². The van der Waals surface area contributed by atoms with Gasteiger partial charge in [-0.05, 0) is 25.0 Å². The third kappa shape index (κ3) is 7.91. The average Bonchev–Trinajstić information content (AvgIpc) is 2.68. The predicted molar refractivity (Wildman–Crippen MR) is 123 cm³/mol. The first-order chi connectivity index (χ1) is 12.7. The zero-order valence-electron chi connectivity index (χ0n) is 17.2. The second kappa shape index (κ2) is 13.3. The normalized spacial score (nSPS) is 16.7. The Hall–Kier alpha value is -0.930. The molecule has 0 amide bonds. The van der Waals surface area contributed by atoms with E-state index in [4.69, 9.17) is 4.74 Å². The van der Waals surface area contributed by atoms with Gasteiger partial charge in [0.05, 0.1) is 25.5 Å². The lowest BCUT2D eigenvalue weighted by Crippen LogP contribution is -2.53. The number of nitrogens with one attached hydrogen (secondary N) is 2. The summed E-state index contributed by atoms with van der Waals surface area (Å²) in [7, 11) is 1.82. The Labute approximate surface area is 181 Å². The van der Waals surface area contributed by atoms with Crippen LogP contribution in [0.2, 0.25) is 0 Å². The van der Waals surface area contributed by atoms with Gasteiger partial charge in [-0.15, -0.1) is 24.0 Å². The molecule has 1 aliphatic heterocycles. The van der Waals surface area contributed by atoms with Crippen molar-refractivity contribution in [3.05, 3.63) is 29.6 Å². The van der Waals surface area contributed by atoms with Crippen LogP contribution in [0.25, 0.3) is 0 Å². The van der Waals surface area contributed by atoms with Crippen LogP contribution in [0.4, 0.5) is 0 Å². The summed E-state index contributed by atoms with van der Waals surface area (Å²) in [5.41, 5.74) is 2.06. The number of pyridine rings is 1. The highest BCUT2D eigenvalue weighted by atomic mass is 127. The van der Waals surface area contributed by atoms with Gasteiger partial charge >= 0.3 is 0 Å². The summed E-state index contributed by atoms with van der Waals surface area (Å²) in [6.07, 6.45) is 2.39. The van der Waals surface area contributed by atoms with Gasteiger partial charge in [0.1, 0.15) is 0 Å². The Kier molecular flexibility index (Phi) is 11.9. The summed E-state index contributed by atoms with van der Waals surface area (Å²) in [5.74, 6) is 1.51. The van der Waals surface area contributed by atoms with Crippen molar-refractivity contribution in [1.29, 1.82) is 0 Å². The molecule has 0 saturated carbocycles. The van der Waals surface area contributed by atoms with Gasteiger partial charge in [0.25, 0.3) is 0 Å². The number of hydrogen-bond acceptors (Lipinski definition) is 4. The minimum absolute atomic E-state index is 0. The van der Waals surface area contributed by atoms with Crippen molar-refractivity contribution in [1.82, 2.24) is 20.5 Å². The lowest BCUT2D eigenvalue weighted by molar-refractivity contribution is 0.00272. The molecule has 0 spiro atoms. The number of aliphatic imine (C=N–C) groups is 1. The minimum atomic E-state index is 0. The monoisotopic (exact) mass is 489 g/mol. The van der Waals surface area contributed by atoms with Crippen molar-refractivity contribution in [3.8, 4) is 0 Å². The molecule has 1 atom stereocenters. The Morgan fingerprint density at radius 2 is 1.93 bits per heavy atom. The van der Waals surface area contributed by atoms with Gasteiger partial charge in [0, 0.05) is 38.4 Å². The number of halogens is 1. The molecule has 1 aromatic heterocycles. The molecule has 6 nitrogen and oxygen atoms in total. The molecule has 1 unspecified atom stereocenters. The van der Waals surface area contributed by atoms with Crippen LogP contribution < -0.4 is 10.6 Å². The lowest BCUT2D eigenvalue weighted by Gasteiger charge is -2.39. The van der Waals surface area contributed by atoms with Crippen molar-refractivity contribution in [3.63, 3.8) is 0 Å². The van der Waals surface area contributed by atoms with Crippen LogP contribution in [0.1, 0.15) is 38.1 Å². The number of aryl methyl sites for hydroxylation is 1. The van der Waals surface area contributed by atoms with Gasteiger partial charge in [-0.25, -0.2) is 0 Å². The highest BCUT2D eigenvalue weighted by Gasteiger charge is 2.26. The summed E-state index contributed by atoms with van der Waals surface area (Å²) in [4.78, 5) is 11.5. The average molecular weight is 489 g/mol. The maximum absolute atomic E-state index is 5.54. The van der Waals surface area contributed by atoms with Crippen LogP contribution in [-0.4, -0.2) is 61.8 Å². The first kappa shape index (κ1) is 24.1. The van der Waals surface area contributed by atoms with Crippen LogP contribution >= 0.6 is 24.0 Å². The van der Waals surface area contributed by atoms with Crippen LogP contribution in [0.5, 0.6) is 0 Å². The smallest absolute Gasteiger partial charge is 0.191 e. The molecule has 2 heterocycles. The molecule has 1 fully saturated rings. The molecule has 2 N–H and O–H groups in total. The molecule has 1 aliphatic rings. The molecule has 0 aliphatic carbocycles.